The van der Waals surface area contributed by atoms with Crippen molar-refractivity contribution in [3.05, 3.63) is 29.8 Å². The second-order valence-corrected chi connectivity index (χ2v) is 5.06. The predicted octanol–water partition coefficient (Wildman–Crippen LogP) is 2.20. The van der Waals surface area contributed by atoms with Crippen molar-refractivity contribution in [2.45, 2.75) is 32.9 Å². The summed E-state index contributed by atoms with van der Waals surface area (Å²) in [5, 5.41) is 15.4. The van der Waals surface area contributed by atoms with Crippen molar-refractivity contribution in [3.8, 4) is 0 Å². The molecule has 0 saturated carbocycles. The quantitative estimate of drug-likeness (QED) is 0.748. The first-order valence-electron chi connectivity index (χ1n) is 6.97. The molecule has 0 aromatic heterocycles. The normalized spacial score (nSPS) is 13.7. The Hall–Kier alpha value is -1.59. The molecule has 2 unspecified atom stereocenters. The van der Waals surface area contributed by atoms with Crippen LogP contribution in [0.3, 0.4) is 0 Å². The highest BCUT2D eigenvalue weighted by molar-refractivity contribution is 5.89. The zero-order valence-electron chi connectivity index (χ0n) is 12.7. The first-order valence-corrected chi connectivity index (χ1v) is 6.97. The zero-order valence-corrected chi connectivity index (χ0v) is 12.7. The number of hydrogen-bond donors (Lipinski definition) is 3. The molecule has 112 valence electrons. The van der Waals surface area contributed by atoms with Crippen LogP contribution in [0.2, 0.25) is 0 Å². The lowest BCUT2D eigenvalue weighted by Crippen LogP contribution is -2.36. The Morgan fingerprint density at radius 3 is 2.40 bits per heavy atom. The van der Waals surface area contributed by atoms with Gasteiger partial charge in [0.2, 0.25) is 0 Å². The van der Waals surface area contributed by atoms with Gasteiger partial charge in [0.1, 0.15) is 0 Å². The molecule has 0 aliphatic heterocycles. The monoisotopic (exact) mass is 279 g/mol. The van der Waals surface area contributed by atoms with E-state index in [0.29, 0.717) is 12.6 Å². The van der Waals surface area contributed by atoms with Gasteiger partial charge < -0.3 is 20.6 Å². The first-order chi connectivity index (χ1) is 9.43. The summed E-state index contributed by atoms with van der Waals surface area (Å²) in [6, 6.07) is 7.84. The number of aliphatic hydroxyl groups excluding tert-OH is 1. The molecule has 5 heteroatoms. The highest BCUT2D eigenvalue weighted by Gasteiger charge is 2.11. The van der Waals surface area contributed by atoms with E-state index in [1.807, 2.05) is 24.3 Å². The molecule has 0 saturated heterocycles. The molecule has 20 heavy (non-hydrogen) atoms. The highest BCUT2D eigenvalue weighted by atomic mass is 16.3. The van der Waals surface area contributed by atoms with E-state index >= 15 is 0 Å². The third kappa shape index (κ3) is 5.19. The van der Waals surface area contributed by atoms with E-state index in [4.69, 9.17) is 0 Å². The number of carbonyl (C=O) groups is 1. The van der Waals surface area contributed by atoms with Crippen molar-refractivity contribution < 1.29 is 9.90 Å². The molecule has 5 nitrogen and oxygen atoms in total. The van der Waals surface area contributed by atoms with E-state index in [9.17, 15) is 9.90 Å². The first kappa shape index (κ1) is 16.5. The molecular formula is C15H25N3O2. The molecule has 1 aromatic rings. The Labute approximate surface area is 121 Å². The molecule has 2 amide bonds. The Morgan fingerprint density at radius 2 is 1.90 bits per heavy atom. The molecular weight excluding hydrogens is 254 g/mol. The lowest BCUT2D eigenvalue weighted by atomic mass is 10.1. The van der Waals surface area contributed by atoms with Gasteiger partial charge in [-0.3, -0.25) is 0 Å². The zero-order chi connectivity index (χ0) is 15.1. The Balaban J connectivity index is 2.59. The summed E-state index contributed by atoms with van der Waals surface area (Å²) in [7, 11) is 1.66. The number of rotatable bonds is 6. The SMILES string of the molecule is CCNC(C)c1ccc(NC(=O)N(C)CC(C)O)cc1. The van der Waals surface area contributed by atoms with E-state index < -0.39 is 6.10 Å². The third-order valence-electron chi connectivity index (χ3n) is 3.06. The van der Waals surface area contributed by atoms with Gasteiger partial charge in [-0.05, 0) is 38.1 Å². The van der Waals surface area contributed by atoms with E-state index in [0.717, 1.165) is 12.2 Å². The second-order valence-electron chi connectivity index (χ2n) is 5.06. The molecule has 0 heterocycles. The van der Waals surface area contributed by atoms with Gasteiger partial charge in [-0.25, -0.2) is 4.79 Å². The van der Waals surface area contributed by atoms with Crippen molar-refractivity contribution in [2.24, 2.45) is 0 Å². The number of aliphatic hydroxyl groups is 1. The van der Waals surface area contributed by atoms with Crippen LogP contribution in [0.25, 0.3) is 0 Å². The fourth-order valence-corrected chi connectivity index (χ4v) is 1.98. The number of benzene rings is 1. The second kappa shape index (κ2) is 7.87. The molecule has 0 fully saturated rings. The van der Waals surface area contributed by atoms with Gasteiger partial charge in [0, 0.05) is 25.3 Å². The minimum absolute atomic E-state index is 0.224. The standard InChI is InChI=1S/C15H25N3O2/c1-5-16-12(3)13-6-8-14(9-7-13)17-15(20)18(4)10-11(2)19/h6-9,11-12,16,19H,5,10H2,1-4H3,(H,17,20). The van der Waals surface area contributed by atoms with E-state index in [-0.39, 0.29) is 6.03 Å². The van der Waals surface area contributed by atoms with Crippen LogP contribution in [0.1, 0.15) is 32.4 Å². The van der Waals surface area contributed by atoms with Gasteiger partial charge in [-0.2, -0.15) is 0 Å². The Kier molecular flexibility index (Phi) is 6.48. The molecule has 0 aliphatic rings. The average molecular weight is 279 g/mol. The van der Waals surface area contributed by atoms with Crippen LogP contribution >= 0.6 is 0 Å². The number of nitrogens with one attached hydrogen (secondary N) is 2. The number of hydrogen-bond acceptors (Lipinski definition) is 3. The largest absolute Gasteiger partial charge is 0.392 e. The van der Waals surface area contributed by atoms with Crippen molar-refractivity contribution in [2.75, 3.05) is 25.5 Å². The minimum Gasteiger partial charge on any atom is -0.392 e. The molecule has 0 bridgehead atoms. The summed E-state index contributed by atoms with van der Waals surface area (Å²) in [5.74, 6) is 0. The summed E-state index contributed by atoms with van der Waals surface area (Å²) >= 11 is 0. The van der Waals surface area contributed by atoms with Crippen LogP contribution in [0.5, 0.6) is 0 Å². The predicted molar refractivity (Wildman–Crippen MR) is 81.9 cm³/mol. The minimum atomic E-state index is -0.533. The molecule has 3 N–H and O–H groups in total. The molecule has 1 rings (SSSR count). The van der Waals surface area contributed by atoms with E-state index in [1.54, 1.807) is 14.0 Å². The van der Waals surface area contributed by atoms with Crippen LogP contribution in [-0.2, 0) is 0 Å². The van der Waals surface area contributed by atoms with Crippen LogP contribution in [0, 0.1) is 0 Å². The maximum absolute atomic E-state index is 11.9. The van der Waals surface area contributed by atoms with Crippen molar-refractivity contribution >= 4 is 11.7 Å². The lowest BCUT2D eigenvalue weighted by Gasteiger charge is -2.19. The number of carbonyl (C=O) groups excluding carboxylic acids is 1. The summed E-state index contributed by atoms with van der Waals surface area (Å²) in [6.07, 6.45) is -0.533. The maximum Gasteiger partial charge on any atom is 0.321 e. The third-order valence-corrected chi connectivity index (χ3v) is 3.06. The lowest BCUT2D eigenvalue weighted by molar-refractivity contribution is 0.149. The summed E-state index contributed by atoms with van der Waals surface area (Å²) in [4.78, 5) is 13.3. The number of anilines is 1. The van der Waals surface area contributed by atoms with Crippen molar-refractivity contribution in [3.63, 3.8) is 0 Å². The van der Waals surface area contributed by atoms with Crippen LogP contribution in [0.15, 0.2) is 24.3 Å². The number of urea groups is 1. The Bertz CT molecular complexity index is 418. The number of amides is 2. The van der Waals surface area contributed by atoms with Gasteiger partial charge in [-0.15, -0.1) is 0 Å². The van der Waals surface area contributed by atoms with Crippen molar-refractivity contribution in [1.82, 2.24) is 10.2 Å². The summed E-state index contributed by atoms with van der Waals surface area (Å²) in [5.41, 5.74) is 1.93. The molecule has 1 aromatic carbocycles. The molecule has 0 spiro atoms. The fraction of sp³-hybridized carbons (Fsp3) is 0.533. The van der Waals surface area contributed by atoms with E-state index in [1.165, 1.54) is 10.5 Å². The molecule has 2 atom stereocenters. The Morgan fingerprint density at radius 1 is 1.30 bits per heavy atom. The van der Waals surface area contributed by atoms with Gasteiger partial charge in [0.15, 0.2) is 0 Å². The number of nitrogens with zero attached hydrogens (tertiary/aromatic N) is 1. The van der Waals surface area contributed by atoms with Gasteiger partial charge >= 0.3 is 6.03 Å². The molecule has 0 aliphatic carbocycles. The highest BCUT2D eigenvalue weighted by Crippen LogP contribution is 2.16. The smallest absolute Gasteiger partial charge is 0.321 e. The van der Waals surface area contributed by atoms with Gasteiger partial charge in [0.05, 0.1) is 6.10 Å². The summed E-state index contributed by atoms with van der Waals surface area (Å²) < 4.78 is 0. The van der Waals surface area contributed by atoms with Gasteiger partial charge in [-0.1, -0.05) is 19.1 Å². The molecule has 0 radical (unpaired) electrons. The van der Waals surface area contributed by atoms with Crippen LogP contribution < -0.4 is 10.6 Å². The van der Waals surface area contributed by atoms with Gasteiger partial charge in [0.25, 0.3) is 0 Å². The van der Waals surface area contributed by atoms with Crippen LogP contribution in [0.4, 0.5) is 10.5 Å². The van der Waals surface area contributed by atoms with Crippen LogP contribution in [-0.4, -0.2) is 42.3 Å². The number of likely N-dealkylation sites (N-methyl/N-ethyl adjacent to an activating group) is 1. The average Bonchev–Trinajstić information content (AvgIpc) is 2.39. The maximum atomic E-state index is 11.9. The summed E-state index contributed by atoms with van der Waals surface area (Å²) in [6.45, 7) is 7.06. The van der Waals surface area contributed by atoms with Crippen molar-refractivity contribution in [1.29, 1.82) is 0 Å². The fourth-order valence-electron chi connectivity index (χ4n) is 1.98. The van der Waals surface area contributed by atoms with E-state index in [2.05, 4.69) is 24.5 Å². The topological polar surface area (TPSA) is 64.6 Å².